The Labute approximate surface area is 197 Å². The van der Waals surface area contributed by atoms with Crippen molar-refractivity contribution in [2.45, 2.75) is 25.3 Å². The number of carbonyl (C=O) groups excluding carboxylic acids is 1. The lowest BCUT2D eigenvalue weighted by molar-refractivity contribution is 0.0947. The standard InChI is InChI=1S/C24H26ClN5O3/c1-24(8-11-28-24)13-33-18-12-26-9-6-14(18)20-21(19-16(29-20)7-10-27-23(19)31)30-17-5-3-4-15(25)22(17)32-2/h3-6,9,12,28-30H,7-8,10-11,13H2,1-2H3,(H,27,31). The molecular weight excluding hydrogens is 442 g/mol. The van der Waals surface area contributed by atoms with E-state index >= 15 is 0 Å². The summed E-state index contributed by atoms with van der Waals surface area (Å²) in [5.74, 6) is 1.02. The van der Waals surface area contributed by atoms with Crippen LogP contribution in [0.2, 0.25) is 5.02 Å². The average molecular weight is 468 g/mol. The van der Waals surface area contributed by atoms with Crippen molar-refractivity contribution in [1.29, 1.82) is 0 Å². The van der Waals surface area contributed by atoms with Gasteiger partial charge in [0, 0.05) is 30.4 Å². The van der Waals surface area contributed by atoms with Gasteiger partial charge in [-0.25, -0.2) is 0 Å². The van der Waals surface area contributed by atoms with Crippen molar-refractivity contribution in [1.82, 2.24) is 20.6 Å². The third-order valence-corrected chi connectivity index (χ3v) is 6.52. The number of amides is 1. The molecule has 0 spiro atoms. The number of pyridine rings is 1. The van der Waals surface area contributed by atoms with Crippen molar-refractivity contribution < 1.29 is 14.3 Å². The van der Waals surface area contributed by atoms with E-state index in [2.05, 4.69) is 32.8 Å². The van der Waals surface area contributed by atoms with E-state index in [1.165, 1.54) is 0 Å². The monoisotopic (exact) mass is 467 g/mol. The fourth-order valence-electron chi connectivity index (χ4n) is 4.27. The maximum atomic E-state index is 12.9. The topological polar surface area (TPSA) is 100 Å². The highest BCUT2D eigenvalue weighted by molar-refractivity contribution is 6.32. The second-order valence-electron chi connectivity index (χ2n) is 8.58. The zero-order valence-electron chi connectivity index (χ0n) is 18.5. The SMILES string of the molecule is COc1c(Cl)cccc1Nc1c(-c2ccncc2OCC2(C)CCN2)[nH]c2c1C(=O)NCC2. The molecule has 1 unspecified atom stereocenters. The van der Waals surface area contributed by atoms with Gasteiger partial charge >= 0.3 is 0 Å². The van der Waals surface area contributed by atoms with E-state index in [0.717, 1.165) is 29.9 Å². The Balaban J connectivity index is 1.59. The number of nitrogens with one attached hydrogen (secondary N) is 4. The molecular formula is C24H26ClN5O3. The maximum Gasteiger partial charge on any atom is 0.255 e. The van der Waals surface area contributed by atoms with E-state index in [4.69, 9.17) is 21.1 Å². The number of halogens is 1. The van der Waals surface area contributed by atoms with E-state index in [9.17, 15) is 4.79 Å². The number of methoxy groups -OCH3 is 1. The van der Waals surface area contributed by atoms with Crippen molar-refractivity contribution >= 4 is 28.9 Å². The minimum Gasteiger partial charge on any atom is -0.493 e. The summed E-state index contributed by atoms with van der Waals surface area (Å²) in [5.41, 5.74) is 4.28. The Morgan fingerprint density at radius 2 is 2.12 bits per heavy atom. The molecule has 4 heterocycles. The molecule has 2 aromatic heterocycles. The van der Waals surface area contributed by atoms with Gasteiger partial charge in [-0.15, -0.1) is 0 Å². The number of benzene rings is 1. The molecule has 8 nitrogen and oxygen atoms in total. The normalized spacial score (nSPS) is 19.3. The van der Waals surface area contributed by atoms with Crippen molar-refractivity contribution in [3.05, 3.63) is 52.9 Å². The number of H-pyrrole nitrogens is 1. The number of carbonyl (C=O) groups is 1. The number of fused-ring (bicyclic) bond motifs is 1. The Hall–Kier alpha value is -3.23. The van der Waals surface area contributed by atoms with Crippen LogP contribution in [-0.4, -0.2) is 48.2 Å². The van der Waals surface area contributed by atoms with Crippen LogP contribution in [0.25, 0.3) is 11.3 Å². The molecule has 1 atom stereocenters. The van der Waals surface area contributed by atoms with Gasteiger partial charge in [-0.05, 0) is 38.1 Å². The molecule has 1 fully saturated rings. The molecule has 0 saturated carbocycles. The van der Waals surface area contributed by atoms with Crippen LogP contribution in [0.5, 0.6) is 11.5 Å². The lowest BCUT2D eigenvalue weighted by atomic mass is 9.91. The first-order chi connectivity index (χ1) is 16.0. The summed E-state index contributed by atoms with van der Waals surface area (Å²) in [7, 11) is 1.57. The summed E-state index contributed by atoms with van der Waals surface area (Å²) in [5, 5.41) is 10.2. The van der Waals surface area contributed by atoms with Crippen LogP contribution in [-0.2, 0) is 6.42 Å². The lowest BCUT2D eigenvalue weighted by Gasteiger charge is -2.39. The fraction of sp³-hybridized carbons (Fsp3) is 0.333. The molecule has 5 rings (SSSR count). The molecule has 4 N–H and O–H groups in total. The van der Waals surface area contributed by atoms with Crippen LogP contribution in [0.1, 0.15) is 29.4 Å². The Bertz CT molecular complexity index is 1200. The molecule has 172 valence electrons. The van der Waals surface area contributed by atoms with Gasteiger partial charge in [-0.1, -0.05) is 17.7 Å². The second kappa shape index (κ2) is 8.61. The lowest BCUT2D eigenvalue weighted by Crippen LogP contribution is -2.58. The molecule has 9 heteroatoms. The van der Waals surface area contributed by atoms with Crippen LogP contribution in [0.15, 0.2) is 36.7 Å². The summed E-state index contributed by atoms with van der Waals surface area (Å²) in [6, 6.07) is 7.35. The first-order valence-corrected chi connectivity index (χ1v) is 11.3. The average Bonchev–Trinajstić information content (AvgIpc) is 3.16. The number of ether oxygens (including phenoxy) is 2. The van der Waals surface area contributed by atoms with Gasteiger partial charge in [0.1, 0.15) is 12.4 Å². The number of nitrogens with zero attached hydrogens (tertiary/aromatic N) is 1. The van der Waals surface area contributed by atoms with E-state index in [0.29, 0.717) is 53.0 Å². The molecule has 3 aromatic rings. The van der Waals surface area contributed by atoms with Crippen molar-refractivity contribution in [3.8, 4) is 22.8 Å². The zero-order chi connectivity index (χ0) is 23.0. The maximum absolute atomic E-state index is 12.9. The van der Waals surface area contributed by atoms with Gasteiger partial charge in [0.05, 0.1) is 46.5 Å². The Morgan fingerprint density at radius 1 is 1.27 bits per heavy atom. The van der Waals surface area contributed by atoms with Crippen LogP contribution >= 0.6 is 11.6 Å². The molecule has 2 aliphatic rings. The summed E-state index contributed by atoms with van der Waals surface area (Å²) >= 11 is 6.34. The van der Waals surface area contributed by atoms with E-state index in [-0.39, 0.29) is 11.4 Å². The number of aromatic nitrogens is 2. The quantitative estimate of drug-likeness (QED) is 0.420. The van der Waals surface area contributed by atoms with Gasteiger partial charge in [-0.3, -0.25) is 9.78 Å². The molecule has 0 aliphatic carbocycles. The molecule has 1 aromatic carbocycles. The van der Waals surface area contributed by atoms with Crippen LogP contribution in [0.3, 0.4) is 0 Å². The Morgan fingerprint density at radius 3 is 2.88 bits per heavy atom. The fourth-order valence-corrected chi connectivity index (χ4v) is 4.52. The first-order valence-electron chi connectivity index (χ1n) is 10.9. The number of aromatic amines is 1. The van der Waals surface area contributed by atoms with E-state index in [1.807, 2.05) is 18.2 Å². The van der Waals surface area contributed by atoms with Crippen molar-refractivity contribution in [2.24, 2.45) is 0 Å². The molecule has 33 heavy (non-hydrogen) atoms. The largest absolute Gasteiger partial charge is 0.493 e. The van der Waals surface area contributed by atoms with Crippen LogP contribution in [0, 0.1) is 0 Å². The molecule has 1 amide bonds. The smallest absolute Gasteiger partial charge is 0.255 e. The number of rotatable bonds is 7. The van der Waals surface area contributed by atoms with Gasteiger partial charge in [0.2, 0.25) is 0 Å². The summed E-state index contributed by atoms with van der Waals surface area (Å²) in [4.78, 5) is 20.6. The van der Waals surface area contributed by atoms with Gasteiger partial charge in [-0.2, -0.15) is 0 Å². The van der Waals surface area contributed by atoms with Crippen LogP contribution < -0.4 is 25.4 Å². The second-order valence-corrected chi connectivity index (χ2v) is 8.99. The highest BCUT2D eigenvalue weighted by atomic mass is 35.5. The predicted octanol–water partition coefficient (Wildman–Crippen LogP) is 3.90. The van der Waals surface area contributed by atoms with Crippen LogP contribution in [0.4, 0.5) is 11.4 Å². The summed E-state index contributed by atoms with van der Waals surface area (Å²) in [6.07, 6.45) is 5.18. The van der Waals surface area contributed by atoms with E-state index < -0.39 is 0 Å². The van der Waals surface area contributed by atoms with E-state index in [1.54, 1.807) is 25.6 Å². The number of para-hydroxylation sites is 1. The minimum absolute atomic E-state index is 0.0444. The zero-order valence-corrected chi connectivity index (χ0v) is 19.3. The van der Waals surface area contributed by atoms with Gasteiger partial charge in [0.15, 0.2) is 5.75 Å². The highest BCUT2D eigenvalue weighted by Gasteiger charge is 2.33. The molecule has 2 aliphatic heterocycles. The predicted molar refractivity (Wildman–Crippen MR) is 128 cm³/mol. The molecule has 0 radical (unpaired) electrons. The van der Waals surface area contributed by atoms with Gasteiger partial charge in [0.25, 0.3) is 5.91 Å². The summed E-state index contributed by atoms with van der Waals surface area (Å²) < 4.78 is 11.7. The third-order valence-electron chi connectivity index (χ3n) is 6.22. The number of hydrogen-bond acceptors (Lipinski definition) is 6. The van der Waals surface area contributed by atoms with Crippen molar-refractivity contribution in [2.75, 3.05) is 32.1 Å². The molecule has 0 bridgehead atoms. The third kappa shape index (κ3) is 4.00. The Kier molecular flexibility index (Phi) is 5.64. The minimum atomic E-state index is -0.134. The van der Waals surface area contributed by atoms with Crippen molar-refractivity contribution in [3.63, 3.8) is 0 Å². The number of anilines is 2. The highest BCUT2D eigenvalue weighted by Crippen LogP contribution is 2.43. The van der Waals surface area contributed by atoms with Gasteiger partial charge < -0.3 is 30.4 Å². The first kappa shape index (κ1) is 21.6. The molecule has 1 saturated heterocycles. The summed E-state index contributed by atoms with van der Waals surface area (Å²) in [6.45, 7) is 4.24. The number of hydrogen-bond donors (Lipinski definition) is 4.